The van der Waals surface area contributed by atoms with E-state index in [2.05, 4.69) is 31.2 Å². The second-order valence-corrected chi connectivity index (χ2v) is 5.55. The molecule has 5 nitrogen and oxygen atoms in total. The van der Waals surface area contributed by atoms with Gasteiger partial charge in [-0.3, -0.25) is 0 Å². The number of hydrogen-bond acceptors (Lipinski definition) is 4. The largest absolute Gasteiger partial charge is 0.488 e. The van der Waals surface area contributed by atoms with E-state index >= 15 is 0 Å². The predicted octanol–water partition coefficient (Wildman–Crippen LogP) is 3.64. The zero-order chi connectivity index (χ0) is 16.1. The van der Waals surface area contributed by atoms with Gasteiger partial charge in [0, 0.05) is 0 Å². The lowest BCUT2D eigenvalue weighted by molar-refractivity contribution is 0.304. The van der Waals surface area contributed by atoms with E-state index in [0.29, 0.717) is 12.4 Å². The molecule has 0 aliphatic rings. The Morgan fingerprint density at radius 1 is 1.13 bits per heavy atom. The molecule has 0 N–H and O–H groups in total. The summed E-state index contributed by atoms with van der Waals surface area (Å²) in [6.45, 7) is 0.368. The molecular weight excluding hydrogens is 363 g/mol. The van der Waals surface area contributed by atoms with Crippen LogP contribution in [0.25, 0.3) is 0 Å². The molecule has 116 valence electrons. The Kier molecular flexibility index (Phi) is 4.77. The average molecular weight is 375 g/mol. The van der Waals surface area contributed by atoms with E-state index in [-0.39, 0.29) is 5.82 Å². The van der Waals surface area contributed by atoms with Gasteiger partial charge in [-0.05, 0) is 57.4 Å². The average Bonchev–Trinajstić information content (AvgIpc) is 3.07. The Labute approximate surface area is 140 Å². The molecule has 0 saturated carbocycles. The summed E-state index contributed by atoms with van der Waals surface area (Å²) in [5, 5.41) is 11.5. The van der Waals surface area contributed by atoms with Crippen LogP contribution in [0.3, 0.4) is 0 Å². The minimum Gasteiger partial charge on any atom is -0.488 e. The molecule has 0 unspecified atom stereocenters. The minimum atomic E-state index is -0.258. The van der Waals surface area contributed by atoms with E-state index in [4.69, 9.17) is 4.74 Å². The Morgan fingerprint density at radius 2 is 1.87 bits per heavy atom. The van der Waals surface area contributed by atoms with Crippen LogP contribution in [0.1, 0.15) is 11.1 Å². The molecule has 0 saturated heterocycles. The van der Waals surface area contributed by atoms with Crippen molar-refractivity contribution in [1.82, 2.24) is 14.9 Å². The van der Waals surface area contributed by atoms with E-state index < -0.39 is 0 Å². The van der Waals surface area contributed by atoms with Gasteiger partial charge in [-0.25, -0.2) is 9.07 Å². The number of hydrogen-bond donors (Lipinski definition) is 0. The van der Waals surface area contributed by atoms with Crippen LogP contribution < -0.4 is 4.74 Å². The van der Waals surface area contributed by atoms with Crippen molar-refractivity contribution in [3.63, 3.8) is 0 Å². The SMILES string of the molecule is Fc1ccc(COc2ccc(C=Nn3cnnc3)cc2Br)cc1. The third kappa shape index (κ3) is 4.23. The van der Waals surface area contributed by atoms with Crippen LogP contribution >= 0.6 is 15.9 Å². The summed E-state index contributed by atoms with van der Waals surface area (Å²) in [6.07, 6.45) is 4.70. The molecule has 1 heterocycles. The molecule has 0 amide bonds. The summed E-state index contributed by atoms with van der Waals surface area (Å²) >= 11 is 3.47. The van der Waals surface area contributed by atoms with Crippen LogP contribution in [0.15, 0.2) is 64.7 Å². The van der Waals surface area contributed by atoms with Crippen molar-refractivity contribution in [3.05, 3.63) is 76.5 Å². The molecule has 7 heteroatoms. The fraction of sp³-hybridized carbons (Fsp3) is 0.0625. The molecule has 23 heavy (non-hydrogen) atoms. The van der Waals surface area contributed by atoms with Gasteiger partial charge >= 0.3 is 0 Å². The predicted molar refractivity (Wildman–Crippen MR) is 87.9 cm³/mol. The fourth-order valence-electron chi connectivity index (χ4n) is 1.84. The van der Waals surface area contributed by atoms with Gasteiger partial charge in [0.1, 0.15) is 30.8 Å². The van der Waals surface area contributed by atoms with Gasteiger partial charge in [-0.1, -0.05) is 12.1 Å². The van der Waals surface area contributed by atoms with E-state index in [9.17, 15) is 4.39 Å². The standard InChI is InChI=1S/C16H12BrFN4O/c17-15-7-13(8-21-22-10-19-20-11-22)3-6-16(15)23-9-12-1-4-14(18)5-2-12/h1-8,10-11H,9H2. The molecule has 0 atom stereocenters. The van der Waals surface area contributed by atoms with Crippen molar-refractivity contribution in [2.24, 2.45) is 5.10 Å². The zero-order valence-corrected chi connectivity index (χ0v) is 13.5. The molecule has 0 bridgehead atoms. The van der Waals surface area contributed by atoms with Gasteiger partial charge in [-0.2, -0.15) is 5.10 Å². The maximum absolute atomic E-state index is 12.9. The third-order valence-corrected chi connectivity index (χ3v) is 3.63. The highest BCUT2D eigenvalue weighted by Crippen LogP contribution is 2.26. The van der Waals surface area contributed by atoms with Crippen LogP contribution in [0, 0.1) is 5.82 Å². The van der Waals surface area contributed by atoms with Crippen LogP contribution in [0.4, 0.5) is 4.39 Å². The Bertz CT molecular complexity index is 803. The normalized spacial score (nSPS) is 11.0. The molecule has 0 aliphatic carbocycles. The first kappa shape index (κ1) is 15.4. The Balaban J connectivity index is 1.66. The first-order valence-corrected chi connectivity index (χ1v) is 7.56. The van der Waals surface area contributed by atoms with Gasteiger partial charge in [-0.15, -0.1) is 10.2 Å². The van der Waals surface area contributed by atoms with Crippen molar-refractivity contribution >= 4 is 22.1 Å². The lowest BCUT2D eigenvalue weighted by Gasteiger charge is -2.09. The lowest BCUT2D eigenvalue weighted by atomic mass is 10.2. The molecular formula is C16H12BrFN4O. The summed E-state index contributed by atoms with van der Waals surface area (Å²) in [5.74, 6) is 0.447. The van der Waals surface area contributed by atoms with Crippen molar-refractivity contribution in [1.29, 1.82) is 0 Å². The molecule has 3 rings (SSSR count). The van der Waals surface area contributed by atoms with Crippen LogP contribution in [0.5, 0.6) is 5.75 Å². The summed E-state index contributed by atoms with van der Waals surface area (Å²) in [6, 6.07) is 11.9. The van der Waals surface area contributed by atoms with E-state index in [0.717, 1.165) is 15.6 Å². The summed E-state index contributed by atoms with van der Waals surface area (Å²) in [4.78, 5) is 0. The quantitative estimate of drug-likeness (QED) is 0.640. The summed E-state index contributed by atoms with van der Waals surface area (Å²) in [5.41, 5.74) is 1.80. The van der Waals surface area contributed by atoms with Gasteiger partial charge in [0.25, 0.3) is 0 Å². The van der Waals surface area contributed by atoms with E-state index in [1.165, 1.54) is 29.5 Å². The van der Waals surface area contributed by atoms with Crippen LogP contribution in [-0.2, 0) is 6.61 Å². The zero-order valence-electron chi connectivity index (χ0n) is 11.9. The first-order chi connectivity index (χ1) is 11.2. The van der Waals surface area contributed by atoms with Gasteiger partial charge < -0.3 is 4.74 Å². The highest BCUT2D eigenvalue weighted by atomic mass is 79.9. The maximum Gasteiger partial charge on any atom is 0.141 e. The molecule has 1 aromatic heterocycles. The first-order valence-electron chi connectivity index (χ1n) is 6.76. The van der Waals surface area contributed by atoms with Crippen molar-refractivity contribution in [3.8, 4) is 5.75 Å². The highest BCUT2D eigenvalue weighted by molar-refractivity contribution is 9.10. The second kappa shape index (κ2) is 7.15. The molecule has 0 radical (unpaired) electrons. The van der Waals surface area contributed by atoms with E-state index in [1.54, 1.807) is 18.3 Å². The molecule has 0 fully saturated rings. The van der Waals surface area contributed by atoms with Gasteiger partial charge in [0.15, 0.2) is 0 Å². The summed E-state index contributed by atoms with van der Waals surface area (Å²) < 4.78 is 20.9. The number of aromatic nitrogens is 3. The maximum atomic E-state index is 12.9. The van der Waals surface area contributed by atoms with Gasteiger partial charge in [0.2, 0.25) is 0 Å². The van der Waals surface area contributed by atoms with Crippen molar-refractivity contribution in [2.75, 3.05) is 0 Å². The van der Waals surface area contributed by atoms with Gasteiger partial charge in [0.05, 0.1) is 10.7 Å². The fourth-order valence-corrected chi connectivity index (χ4v) is 2.36. The topological polar surface area (TPSA) is 52.3 Å². The monoisotopic (exact) mass is 374 g/mol. The molecule has 0 aliphatic heterocycles. The number of nitrogens with zero attached hydrogens (tertiary/aromatic N) is 4. The van der Waals surface area contributed by atoms with Crippen LogP contribution in [0.2, 0.25) is 0 Å². The van der Waals surface area contributed by atoms with Crippen molar-refractivity contribution < 1.29 is 9.13 Å². The Morgan fingerprint density at radius 3 is 2.57 bits per heavy atom. The van der Waals surface area contributed by atoms with Crippen LogP contribution in [-0.4, -0.2) is 21.1 Å². The number of benzene rings is 2. The van der Waals surface area contributed by atoms with Crippen molar-refractivity contribution in [2.45, 2.75) is 6.61 Å². The number of ether oxygens (including phenoxy) is 1. The molecule has 2 aromatic carbocycles. The van der Waals surface area contributed by atoms with E-state index in [1.807, 2.05) is 18.2 Å². The molecule has 3 aromatic rings. The number of halogens is 2. The minimum absolute atomic E-state index is 0.258. The third-order valence-electron chi connectivity index (χ3n) is 3.01. The Hall–Kier alpha value is -2.54. The smallest absolute Gasteiger partial charge is 0.141 e. The lowest BCUT2D eigenvalue weighted by Crippen LogP contribution is -1.97. The number of rotatable bonds is 5. The highest BCUT2D eigenvalue weighted by Gasteiger charge is 2.03. The second-order valence-electron chi connectivity index (χ2n) is 4.69. The summed E-state index contributed by atoms with van der Waals surface area (Å²) in [7, 11) is 0. The molecule has 0 spiro atoms.